The Balaban J connectivity index is 0.00000106. The first-order valence-corrected chi connectivity index (χ1v) is 7.06. The van der Waals surface area contributed by atoms with Gasteiger partial charge in [-0.05, 0) is 56.9 Å². The van der Waals surface area contributed by atoms with Crippen LogP contribution in [-0.2, 0) is 0 Å². The van der Waals surface area contributed by atoms with Gasteiger partial charge in [0.2, 0.25) is 0 Å². The average molecular weight is 306 g/mol. The van der Waals surface area contributed by atoms with Crippen molar-refractivity contribution in [2.75, 3.05) is 20.6 Å². The Kier molecular flexibility index (Phi) is 7.58. The second-order valence-electron chi connectivity index (χ2n) is 4.95. The zero-order chi connectivity index (χ0) is 15.7. The van der Waals surface area contributed by atoms with Gasteiger partial charge < -0.3 is 4.90 Å². The minimum Gasteiger partial charge on any atom is -0.309 e. The molecule has 0 bridgehead atoms. The third-order valence-corrected chi connectivity index (χ3v) is 3.43. The highest BCUT2D eigenvalue weighted by atomic mass is 35.5. The minimum atomic E-state index is 0.320. The lowest BCUT2D eigenvalue weighted by Gasteiger charge is -2.19. The van der Waals surface area contributed by atoms with Crippen molar-refractivity contribution in [3.63, 3.8) is 0 Å². The lowest BCUT2D eigenvalue weighted by Crippen LogP contribution is -2.17. The molecule has 0 aliphatic heterocycles. The number of aromatic nitrogens is 1. The van der Waals surface area contributed by atoms with Crippen LogP contribution < -0.4 is 0 Å². The lowest BCUT2D eigenvalue weighted by molar-refractivity contribution is 0.389. The van der Waals surface area contributed by atoms with Crippen LogP contribution in [0.15, 0.2) is 48.7 Å². The Hall–Kier alpha value is -1.78. The number of nitroso groups, excluding NO2 is 1. The molecular formula is C16H20ClN3O. The first-order chi connectivity index (χ1) is 10.2. The zero-order valence-corrected chi connectivity index (χ0v) is 13.0. The average Bonchev–Trinajstić information content (AvgIpc) is 2.52. The summed E-state index contributed by atoms with van der Waals surface area (Å²) in [5, 5.41) is 0.774. The maximum absolute atomic E-state index is 7.50. The quantitative estimate of drug-likeness (QED) is 0.844. The van der Waals surface area contributed by atoms with Gasteiger partial charge in [0.15, 0.2) is 0 Å². The molecule has 1 atom stereocenters. The van der Waals surface area contributed by atoms with E-state index in [4.69, 9.17) is 16.5 Å². The molecule has 5 heteroatoms. The molecule has 112 valence electrons. The minimum absolute atomic E-state index is 0.320. The molecule has 0 saturated heterocycles. The van der Waals surface area contributed by atoms with Gasteiger partial charge in [0.05, 0.1) is 0 Å². The van der Waals surface area contributed by atoms with Gasteiger partial charge >= 0.3 is 0 Å². The molecule has 0 saturated carbocycles. The Morgan fingerprint density at radius 2 is 1.81 bits per heavy atom. The van der Waals surface area contributed by atoms with E-state index in [1.165, 1.54) is 5.56 Å². The molecule has 0 radical (unpaired) electrons. The van der Waals surface area contributed by atoms with Gasteiger partial charge in [-0.15, -0.1) is 0 Å². The van der Waals surface area contributed by atoms with E-state index in [2.05, 4.69) is 47.8 Å². The van der Waals surface area contributed by atoms with E-state index in [0.717, 1.165) is 23.7 Å². The molecule has 0 amide bonds. The smallest absolute Gasteiger partial charge is 0.0478 e. The lowest BCUT2D eigenvalue weighted by atomic mass is 9.92. The van der Waals surface area contributed by atoms with Gasteiger partial charge in [0, 0.05) is 22.8 Å². The summed E-state index contributed by atoms with van der Waals surface area (Å²) >= 11 is 5.97. The Labute approximate surface area is 130 Å². The number of nitrogens with one attached hydrogen (secondary N) is 1. The van der Waals surface area contributed by atoms with Crippen LogP contribution in [0, 0.1) is 10.5 Å². The van der Waals surface area contributed by atoms with Crippen molar-refractivity contribution in [2.24, 2.45) is 0 Å². The molecule has 0 aliphatic carbocycles. The van der Waals surface area contributed by atoms with Crippen molar-refractivity contribution in [3.05, 3.63) is 69.8 Å². The second-order valence-corrected chi connectivity index (χ2v) is 5.39. The summed E-state index contributed by atoms with van der Waals surface area (Å²) in [6, 6.07) is 14.2. The number of benzene rings is 1. The monoisotopic (exact) mass is 305 g/mol. The molecule has 0 aliphatic rings. The number of pyridine rings is 1. The molecule has 4 nitrogen and oxygen atoms in total. The molecule has 2 aromatic rings. The van der Waals surface area contributed by atoms with Gasteiger partial charge in [0.1, 0.15) is 0 Å². The van der Waals surface area contributed by atoms with Crippen molar-refractivity contribution in [3.8, 4) is 0 Å². The molecule has 21 heavy (non-hydrogen) atoms. The molecular weight excluding hydrogens is 286 g/mol. The van der Waals surface area contributed by atoms with Crippen LogP contribution in [0.25, 0.3) is 0 Å². The van der Waals surface area contributed by atoms with Crippen LogP contribution in [0.2, 0.25) is 5.02 Å². The number of hydrogen-bond acceptors (Lipinski definition) is 4. The van der Waals surface area contributed by atoms with Crippen LogP contribution in [0.1, 0.15) is 23.6 Å². The van der Waals surface area contributed by atoms with Gasteiger partial charge in [-0.25, -0.2) is 0 Å². The number of hydrogen-bond donors (Lipinski definition) is 1. The number of halogens is 1. The maximum Gasteiger partial charge on any atom is 0.0478 e. The predicted molar refractivity (Wildman–Crippen MR) is 86.8 cm³/mol. The summed E-state index contributed by atoms with van der Waals surface area (Å²) in [7, 11) is 4.19. The summed E-state index contributed by atoms with van der Waals surface area (Å²) in [6.45, 7) is 1.03. The fourth-order valence-electron chi connectivity index (χ4n) is 2.15. The molecule has 0 fully saturated rings. The molecule has 1 aromatic carbocycles. The van der Waals surface area contributed by atoms with Crippen molar-refractivity contribution in [2.45, 2.75) is 12.3 Å². The van der Waals surface area contributed by atoms with E-state index in [0.29, 0.717) is 5.92 Å². The Morgan fingerprint density at radius 3 is 2.33 bits per heavy atom. The fraction of sp³-hybridized carbons (Fsp3) is 0.312. The van der Waals surface area contributed by atoms with Crippen molar-refractivity contribution >= 4 is 11.6 Å². The van der Waals surface area contributed by atoms with Gasteiger partial charge in [-0.3, -0.25) is 4.98 Å². The van der Waals surface area contributed by atoms with E-state index >= 15 is 0 Å². The van der Waals surface area contributed by atoms with Crippen LogP contribution in [-0.4, -0.2) is 30.5 Å². The second kappa shape index (κ2) is 9.21. The highest BCUT2D eigenvalue weighted by Crippen LogP contribution is 2.27. The molecule has 1 N–H and O–H groups in total. The maximum atomic E-state index is 7.50. The van der Waals surface area contributed by atoms with Crippen LogP contribution in [0.4, 0.5) is 0 Å². The van der Waals surface area contributed by atoms with Gasteiger partial charge in [-0.1, -0.05) is 35.4 Å². The van der Waals surface area contributed by atoms with Crippen molar-refractivity contribution in [1.29, 1.82) is 5.59 Å². The van der Waals surface area contributed by atoms with Crippen LogP contribution in [0.3, 0.4) is 0 Å². The first kappa shape index (κ1) is 17.3. The fourth-order valence-corrected chi connectivity index (χ4v) is 2.28. The molecule has 1 heterocycles. The number of nitrogens with zero attached hydrogens (tertiary/aromatic N) is 2. The SMILES string of the molecule is CN(C)CCC(c1ccc(Cl)cc1)c1ccccn1.N=O. The van der Waals surface area contributed by atoms with Crippen molar-refractivity contribution < 1.29 is 0 Å². The summed E-state index contributed by atoms with van der Waals surface area (Å²) in [5.41, 5.74) is 6.89. The highest BCUT2D eigenvalue weighted by Gasteiger charge is 2.15. The molecule has 1 aromatic heterocycles. The summed E-state index contributed by atoms with van der Waals surface area (Å²) in [5.74, 6) is 0.320. The molecule has 1 unspecified atom stereocenters. The van der Waals surface area contributed by atoms with Crippen LogP contribution >= 0.6 is 11.6 Å². The normalized spacial score (nSPS) is 11.6. The largest absolute Gasteiger partial charge is 0.309 e. The topological polar surface area (TPSA) is 57.1 Å². The van der Waals surface area contributed by atoms with E-state index < -0.39 is 0 Å². The van der Waals surface area contributed by atoms with Gasteiger partial charge in [-0.2, -0.15) is 4.91 Å². The predicted octanol–water partition coefficient (Wildman–Crippen LogP) is 4.15. The van der Waals surface area contributed by atoms with E-state index in [9.17, 15) is 0 Å². The van der Waals surface area contributed by atoms with Crippen molar-refractivity contribution in [1.82, 2.24) is 9.88 Å². The van der Waals surface area contributed by atoms with Crippen LogP contribution in [0.5, 0.6) is 0 Å². The Bertz CT molecular complexity index is 517. The Morgan fingerprint density at radius 1 is 1.14 bits per heavy atom. The summed E-state index contributed by atoms with van der Waals surface area (Å²) in [4.78, 5) is 14.2. The molecule has 0 spiro atoms. The highest BCUT2D eigenvalue weighted by molar-refractivity contribution is 6.30. The molecule has 2 rings (SSSR count). The van der Waals surface area contributed by atoms with E-state index in [-0.39, 0.29) is 0 Å². The third-order valence-electron chi connectivity index (χ3n) is 3.18. The van der Waals surface area contributed by atoms with E-state index in [1.54, 1.807) is 0 Å². The zero-order valence-electron chi connectivity index (χ0n) is 12.3. The number of rotatable bonds is 5. The summed E-state index contributed by atoms with van der Waals surface area (Å²) in [6.07, 6.45) is 2.90. The van der Waals surface area contributed by atoms with E-state index in [1.807, 2.05) is 30.5 Å². The summed E-state index contributed by atoms with van der Waals surface area (Å²) < 4.78 is 0. The van der Waals surface area contributed by atoms with Gasteiger partial charge in [0.25, 0.3) is 0 Å². The third kappa shape index (κ3) is 5.61. The standard InChI is InChI=1S/C16H19ClN2.HNO/c1-19(2)12-10-15(16-5-3-4-11-18-16)13-6-8-14(17)9-7-13;1-2/h3-9,11,15H,10,12H2,1-2H3;1H. The first-order valence-electron chi connectivity index (χ1n) is 6.68.